The highest BCUT2D eigenvalue weighted by Crippen LogP contribution is 2.27. The topological polar surface area (TPSA) is 58.2 Å². The van der Waals surface area contributed by atoms with E-state index in [9.17, 15) is 14.0 Å². The van der Waals surface area contributed by atoms with Crippen LogP contribution in [0, 0.1) is 9.39 Å². The zero-order valence-corrected chi connectivity index (χ0v) is 18.5. The Bertz CT molecular complexity index is 1030. The highest BCUT2D eigenvalue weighted by atomic mass is 127. The van der Waals surface area contributed by atoms with Gasteiger partial charge < -0.3 is 10.6 Å². The van der Waals surface area contributed by atoms with Crippen LogP contribution in [-0.2, 0) is 4.79 Å². The van der Waals surface area contributed by atoms with Gasteiger partial charge in [-0.05, 0) is 84.1 Å². The van der Waals surface area contributed by atoms with Crippen LogP contribution in [0.25, 0.3) is 0 Å². The predicted molar refractivity (Wildman–Crippen MR) is 124 cm³/mol. The molecule has 0 fully saturated rings. The Morgan fingerprint density at radius 1 is 0.931 bits per heavy atom. The Labute approximate surface area is 186 Å². The van der Waals surface area contributed by atoms with E-state index < -0.39 is 11.7 Å². The summed E-state index contributed by atoms with van der Waals surface area (Å²) in [5.74, 6) is -1.21. The van der Waals surface area contributed by atoms with E-state index in [1.165, 1.54) is 30.0 Å². The molecule has 0 aromatic heterocycles. The minimum absolute atomic E-state index is 0.0178. The van der Waals surface area contributed by atoms with Crippen LogP contribution in [-0.4, -0.2) is 17.1 Å². The zero-order valence-electron chi connectivity index (χ0n) is 15.5. The van der Waals surface area contributed by atoms with E-state index in [-0.39, 0.29) is 16.7 Å². The Kier molecular flexibility index (Phi) is 7.27. The minimum atomic E-state index is -0.573. The second-order valence-corrected chi connectivity index (χ2v) is 8.88. The fourth-order valence-corrected chi connectivity index (χ4v) is 3.81. The van der Waals surface area contributed by atoms with Crippen molar-refractivity contribution in [2.24, 2.45) is 0 Å². The molecule has 0 saturated carbocycles. The monoisotopic (exact) mass is 520 g/mol. The van der Waals surface area contributed by atoms with E-state index in [1.54, 1.807) is 24.3 Å². The van der Waals surface area contributed by atoms with Gasteiger partial charge in [0.15, 0.2) is 0 Å². The highest BCUT2D eigenvalue weighted by Gasteiger charge is 2.16. The molecule has 0 aliphatic heterocycles. The zero-order chi connectivity index (χ0) is 20.8. The van der Waals surface area contributed by atoms with Gasteiger partial charge >= 0.3 is 0 Å². The first kappa shape index (κ1) is 21.3. The number of halogens is 2. The Morgan fingerprint density at radius 2 is 1.66 bits per heavy atom. The number of amides is 2. The van der Waals surface area contributed by atoms with Crippen LogP contribution in [0.4, 0.5) is 15.8 Å². The summed E-state index contributed by atoms with van der Waals surface area (Å²) in [6.45, 7) is 1.82. The van der Waals surface area contributed by atoms with Crippen LogP contribution in [0.1, 0.15) is 17.3 Å². The lowest BCUT2D eigenvalue weighted by Gasteiger charge is -2.13. The van der Waals surface area contributed by atoms with Crippen molar-refractivity contribution < 1.29 is 14.0 Å². The third-order valence-corrected chi connectivity index (χ3v) is 5.82. The van der Waals surface area contributed by atoms with Gasteiger partial charge in [-0.3, -0.25) is 9.59 Å². The number of anilines is 2. The lowest BCUT2D eigenvalue weighted by Crippen LogP contribution is -2.22. The molecule has 0 heterocycles. The van der Waals surface area contributed by atoms with Crippen LogP contribution in [0.2, 0.25) is 0 Å². The lowest BCUT2D eigenvalue weighted by atomic mass is 10.2. The maximum Gasteiger partial charge on any atom is 0.258 e. The number of carbonyl (C=O) groups excluding carboxylic acids is 2. The smallest absolute Gasteiger partial charge is 0.258 e. The lowest BCUT2D eigenvalue weighted by molar-refractivity contribution is -0.115. The number of carbonyl (C=O) groups is 2. The fourth-order valence-electron chi connectivity index (χ4n) is 2.53. The first-order valence-corrected chi connectivity index (χ1v) is 10.8. The molecular formula is C22H18FIN2O2S. The summed E-state index contributed by atoms with van der Waals surface area (Å²) in [5.41, 5.74) is 1.26. The second kappa shape index (κ2) is 9.89. The number of hydrogen-bond donors (Lipinski definition) is 2. The fraction of sp³-hybridized carbons (Fsp3) is 0.0909. The molecule has 2 N–H and O–H groups in total. The second-order valence-electron chi connectivity index (χ2n) is 6.22. The summed E-state index contributed by atoms with van der Waals surface area (Å²) in [6.07, 6.45) is 0. The average molecular weight is 520 g/mol. The van der Waals surface area contributed by atoms with Crippen molar-refractivity contribution in [1.82, 2.24) is 0 Å². The largest absolute Gasteiger partial charge is 0.325 e. The van der Waals surface area contributed by atoms with Gasteiger partial charge in [-0.25, -0.2) is 4.39 Å². The number of thioether (sulfide) groups is 1. The summed E-state index contributed by atoms with van der Waals surface area (Å²) in [7, 11) is 0. The van der Waals surface area contributed by atoms with Gasteiger partial charge in [-0.1, -0.05) is 18.2 Å². The summed E-state index contributed by atoms with van der Waals surface area (Å²) >= 11 is 3.58. The van der Waals surface area contributed by atoms with E-state index in [0.29, 0.717) is 5.69 Å². The predicted octanol–water partition coefficient (Wildman–Crippen LogP) is 5.80. The molecular weight excluding hydrogens is 502 g/mol. The number of nitrogens with one attached hydrogen (secondary N) is 2. The van der Waals surface area contributed by atoms with Crippen LogP contribution >= 0.6 is 34.4 Å². The van der Waals surface area contributed by atoms with Gasteiger partial charge in [0.1, 0.15) is 5.82 Å². The van der Waals surface area contributed by atoms with E-state index >= 15 is 0 Å². The molecule has 1 unspecified atom stereocenters. The molecule has 148 valence electrons. The van der Waals surface area contributed by atoms with Gasteiger partial charge in [0.05, 0.1) is 10.8 Å². The van der Waals surface area contributed by atoms with Crippen LogP contribution in [0.5, 0.6) is 0 Å². The summed E-state index contributed by atoms with van der Waals surface area (Å²) in [5, 5.41) is 5.24. The van der Waals surface area contributed by atoms with Crippen molar-refractivity contribution in [3.8, 4) is 0 Å². The molecule has 7 heteroatoms. The van der Waals surface area contributed by atoms with Crippen molar-refractivity contribution >= 4 is 57.5 Å². The molecule has 29 heavy (non-hydrogen) atoms. The summed E-state index contributed by atoms with van der Waals surface area (Å²) in [6, 6.07) is 20.5. The maximum atomic E-state index is 13.8. The van der Waals surface area contributed by atoms with Crippen LogP contribution in [0.3, 0.4) is 0 Å². The van der Waals surface area contributed by atoms with Crippen molar-refractivity contribution in [2.45, 2.75) is 17.1 Å². The highest BCUT2D eigenvalue weighted by molar-refractivity contribution is 14.1. The molecule has 3 rings (SSSR count). The van der Waals surface area contributed by atoms with E-state index in [0.717, 1.165) is 14.2 Å². The molecule has 2 amide bonds. The first-order chi connectivity index (χ1) is 13.9. The molecule has 0 bridgehead atoms. The van der Waals surface area contributed by atoms with Gasteiger partial charge in [-0.2, -0.15) is 0 Å². The normalized spacial score (nSPS) is 11.6. The Balaban J connectivity index is 1.63. The van der Waals surface area contributed by atoms with Crippen LogP contribution in [0.15, 0.2) is 77.7 Å². The molecule has 0 radical (unpaired) electrons. The molecule has 4 nitrogen and oxygen atoms in total. The van der Waals surface area contributed by atoms with Crippen molar-refractivity contribution in [1.29, 1.82) is 0 Å². The maximum absolute atomic E-state index is 13.8. The molecule has 0 saturated heterocycles. The first-order valence-electron chi connectivity index (χ1n) is 8.81. The SMILES string of the molecule is CC(Sc1cccc(NC(=O)c2ccccc2F)c1)C(=O)Nc1ccc(I)cc1. The quantitative estimate of drug-likeness (QED) is 0.319. The molecule has 0 aliphatic carbocycles. The Morgan fingerprint density at radius 3 is 2.38 bits per heavy atom. The Hall–Kier alpha value is -2.39. The molecule has 3 aromatic rings. The van der Waals surface area contributed by atoms with Crippen molar-refractivity contribution in [2.75, 3.05) is 10.6 Å². The van der Waals surface area contributed by atoms with Crippen LogP contribution < -0.4 is 10.6 Å². The third kappa shape index (κ3) is 6.04. The molecule has 0 aliphatic rings. The van der Waals surface area contributed by atoms with Gasteiger partial charge in [0.2, 0.25) is 5.91 Å². The van der Waals surface area contributed by atoms with E-state index in [1.807, 2.05) is 37.3 Å². The van der Waals surface area contributed by atoms with Gasteiger partial charge in [-0.15, -0.1) is 11.8 Å². The van der Waals surface area contributed by atoms with E-state index in [2.05, 4.69) is 33.2 Å². The summed E-state index contributed by atoms with van der Waals surface area (Å²) < 4.78 is 14.9. The molecule has 0 spiro atoms. The summed E-state index contributed by atoms with van der Waals surface area (Å²) in [4.78, 5) is 25.5. The standard InChI is InChI=1S/C22H18FIN2O2S/c1-14(21(27)25-16-11-9-15(24)10-12-16)29-18-6-4-5-17(13-18)26-22(28)19-7-2-3-8-20(19)23/h2-14H,1H3,(H,25,27)(H,26,28). The number of hydrogen-bond acceptors (Lipinski definition) is 3. The van der Waals surface area contributed by atoms with Gasteiger partial charge in [0.25, 0.3) is 5.91 Å². The third-order valence-electron chi connectivity index (χ3n) is 4.00. The van der Waals surface area contributed by atoms with Crippen molar-refractivity contribution in [3.63, 3.8) is 0 Å². The molecule has 1 atom stereocenters. The minimum Gasteiger partial charge on any atom is -0.325 e. The van der Waals surface area contributed by atoms with Crippen molar-refractivity contribution in [3.05, 3.63) is 87.7 Å². The molecule has 3 aromatic carbocycles. The van der Waals surface area contributed by atoms with E-state index in [4.69, 9.17) is 0 Å². The van der Waals surface area contributed by atoms with Gasteiger partial charge in [0, 0.05) is 19.8 Å². The average Bonchev–Trinajstić information content (AvgIpc) is 2.70. The number of rotatable bonds is 6. The number of benzene rings is 3.